The predicted octanol–water partition coefficient (Wildman–Crippen LogP) is 1.59. The van der Waals surface area contributed by atoms with Crippen LogP contribution in [-0.2, 0) is 10.0 Å². The molecule has 0 aliphatic heterocycles. The molecule has 0 aromatic carbocycles. The van der Waals surface area contributed by atoms with Gasteiger partial charge in [-0.3, -0.25) is 0 Å². The zero-order chi connectivity index (χ0) is 17.2. The lowest BCUT2D eigenvalue weighted by molar-refractivity contribution is 0.466. The number of aryl methyl sites for hydroxylation is 1. The van der Waals surface area contributed by atoms with Gasteiger partial charge < -0.3 is 10.5 Å². The van der Waals surface area contributed by atoms with Crippen LogP contribution in [0.3, 0.4) is 0 Å². The van der Waals surface area contributed by atoms with Gasteiger partial charge in [0.05, 0.1) is 6.20 Å². The molecule has 0 amide bonds. The molecule has 0 spiro atoms. The van der Waals surface area contributed by atoms with Crippen LogP contribution in [-0.4, -0.2) is 30.4 Å². The van der Waals surface area contributed by atoms with Crippen LogP contribution in [0.25, 0.3) is 0 Å². The van der Waals surface area contributed by atoms with E-state index in [1.54, 1.807) is 6.92 Å². The number of anilines is 1. The number of nitrogens with one attached hydrogen (secondary N) is 1. The third-order valence-corrected chi connectivity index (χ3v) is 4.47. The number of nitrogens with zero attached hydrogens (tertiary/aromatic N) is 3. The van der Waals surface area contributed by atoms with Gasteiger partial charge in [-0.25, -0.2) is 28.1 Å². The third kappa shape index (κ3) is 3.74. The standard InChI is InChI=1S/C14H19N5O3S/c1-8(2)10-6-18-13(23(20,21)16-4)5-11(10)22-12-7-17-9(3)19-14(12)15/h5-8,16H,1-4H3,(H2,15,17,19). The van der Waals surface area contributed by atoms with Crippen LogP contribution in [0.15, 0.2) is 23.5 Å². The Morgan fingerprint density at radius 2 is 1.91 bits per heavy atom. The molecule has 124 valence electrons. The molecule has 2 aromatic heterocycles. The predicted molar refractivity (Wildman–Crippen MR) is 85.8 cm³/mol. The van der Waals surface area contributed by atoms with E-state index in [-0.39, 0.29) is 22.5 Å². The summed E-state index contributed by atoms with van der Waals surface area (Å²) in [5.74, 6) is 1.39. The van der Waals surface area contributed by atoms with Crippen molar-refractivity contribution in [1.82, 2.24) is 19.7 Å². The van der Waals surface area contributed by atoms with E-state index < -0.39 is 10.0 Å². The number of pyridine rings is 1. The molecular weight excluding hydrogens is 318 g/mol. The van der Waals surface area contributed by atoms with Gasteiger partial charge in [0, 0.05) is 17.8 Å². The number of nitrogen functional groups attached to an aromatic ring is 1. The highest BCUT2D eigenvalue weighted by Crippen LogP contribution is 2.33. The fourth-order valence-electron chi connectivity index (χ4n) is 1.88. The zero-order valence-corrected chi connectivity index (χ0v) is 14.2. The third-order valence-electron chi connectivity index (χ3n) is 3.16. The van der Waals surface area contributed by atoms with Gasteiger partial charge in [0.25, 0.3) is 10.0 Å². The average Bonchev–Trinajstić information content (AvgIpc) is 2.49. The Bertz CT molecular complexity index is 821. The molecule has 23 heavy (non-hydrogen) atoms. The Labute approximate surface area is 135 Å². The van der Waals surface area contributed by atoms with Gasteiger partial charge in [-0.15, -0.1) is 0 Å². The molecule has 0 bridgehead atoms. The maximum atomic E-state index is 11.9. The van der Waals surface area contributed by atoms with Gasteiger partial charge in [0.1, 0.15) is 11.6 Å². The molecule has 0 saturated heterocycles. The van der Waals surface area contributed by atoms with Gasteiger partial charge in [0.2, 0.25) is 0 Å². The van der Waals surface area contributed by atoms with Gasteiger partial charge in [0.15, 0.2) is 16.6 Å². The molecule has 9 heteroatoms. The Balaban J connectivity index is 2.52. The number of hydrogen-bond donors (Lipinski definition) is 2. The summed E-state index contributed by atoms with van der Waals surface area (Å²) < 4.78 is 31.8. The molecule has 2 heterocycles. The first kappa shape index (κ1) is 17.1. The molecule has 0 aliphatic carbocycles. The SMILES string of the molecule is CNS(=O)(=O)c1cc(Oc2cnc(C)nc2N)c(C(C)C)cn1. The monoisotopic (exact) mass is 337 g/mol. The van der Waals surface area contributed by atoms with Crippen LogP contribution in [0.5, 0.6) is 11.5 Å². The molecule has 8 nitrogen and oxygen atoms in total. The summed E-state index contributed by atoms with van der Waals surface area (Å²) >= 11 is 0. The summed E-state index contributed by atoms with van der Waals surface area (Å²) in [5, 5.41) is -0.133. The molecular formula is C14H19N5O3S. The van der Waals surface area contributed by atoms with Crippen LogP contribution < -0.4 is 15.2 Å². The highest BCUT2D eigenvalue weighted by atomic mass is 32.2. The second kappa shape index (κ2) is 6.47. The maximum absolute atomic E-state index is 11.9. The van der Waals surface area contributed by atoms with E-state index in [1.165, 1.54) is 25.5 Å². The second-order valence-corrected chi connectivity index (χ2v) is 7.02. The van der Waals surface area contributed by atoms with Crippen LogP contribution in [0.2, 0.25) is 0 Å². The second-order valence-electron chi connectivity index (χ2n) is 5.19. The quantitative estimate of drug-likeness (QED) is 0.850. The van der Waals surface area contributed by atoms with E-state index in [2.05, 4.69) is 19.7 Å². The van der Waals surface area contributed by atoms with Crippen LogP contribution in [0, 0.1) is 6.92 Å². The fourth-order valence-corrected chi connectivity index (χ4v) is 2.54. The van der Waals surface area contributed by atoms with Gasteiger partial charge in [-0.1, -0.05) is 13.8 Å². The van der Waals surface area contributed by atoms with Gasteiger partial charge in [-0.2, -0.15) is 0 Å². The Morgan fingerprint density at radius 3 is 2.48 bits per heavy atom. The van der Waals surface area contributed by atoms with Crippen molar-refractivity contribution < 1.29 is 13.2 Å². The smallest absolute Gasteiger partial charge is 0.257 e. The fraction of sp³-hybridized carbons (Fsp3) is 0.357. The van der Waals surface area contributed by atoms with Gasteiger partial charge in [-0.05, 0) is 19.9 Å². The van der Waals surface area contributed by atoms with E-state index in [0.717, 1.165) is 5.56 Å². The van der Waals surface area contributed by atoms with Crippen LogP contribution in [0.4, 0.5) is 5.82 Å². The van der Waals surface area contributed by atoms with Crippen molar-refractivity contribution >= 4 is 15.8 Å². The number of hydrogen-bond acceptors (Lipinski definition) is 7. The molecule has 0 atom stereocenters. The molecule has 0 unspecified atom stereocenters. The maximum Gasteiger partial charge on any atom is 0.257 e. The van der Waals surface area contributed by atoms with E-state index in [1.807, 2.05) is 13.8 Å². The molecule has 2 rings (SSSR count). The van der Waals surface area contributed by atoms with E-state index in [4.69, 9.17) is 10.5 Å². The van der Waals surface area contributed by atoms with Crippen molar-refractivity contribution in [3.05, 3.63) is 29.8 Å². The summed E-state index contributed by atoms with van der Waals surface area (Å²) in [6, 6.07) is 1.36. The summed E-state index contributed by atoms with van der Waals surface area (Å²) in [6.07, 6.45) is 2.93. The Hall–Kier alpha value is -2.26. The summed E-state index contributed by atoms with van der Waals surface area (Å²) in [4.78, 5) is 12.1. The van der Waals surface area contributed by atoms with Gasteiger partial charge >= 0.3 is 0 Å². The van der Waals surface area contributed by atoms with Crippen molar-refractivity contribution in [3.8, 4) is 11.5 Å². The molecule has 0 saturated carbocycles. The first-order valence-corrected chi connectivity index (χ1v) is 8.43. The lowest BCUT2D eigenvalue weighted by Gasteiger charge is -2.15. The minimum atomic E-state index is -3.68. The number of aromatic nitrogens is 3. The molecule has 0 aliphatic rings. The van der Waals surface area contributed by atoms with E-state index in [9.17, 15) is 8.42 Å². The van der Waals surface area contributed by atoms with E-state index >= 15 is 0 Å². The first-order chi connectivity index (χ1) is 10.7. The van der Waals surface area contributed by atoms with Crippen molar-refractivity contribution in [2.45, 2.75) is 31.7 Å². The lowest BCUT2D eigenvalue weighted by atomic mass is 10.1. The average molecular weight is 337 g/mol. The number of sulfonamides is 1. The topological polar surface area (TPSA) is 120 Å². The van der Waals surface area contributed by atoms with Crippen molar-refractivity contribution in [2.75, 3.05) is 12.8 Å². The minimum absolute atomic E-state index is 0.0800. The molecule has 0 fully saturated rings. The van der Waals surface area contributed by atoms with E-state index in [0.29, 0.717) is 11.6 Å². The first-order valence-electron chi connectivity index (χ1n) is 6.95. The van der Waals surface area contributed by atoms with Crippen molar-refractivity contribution in [2.24, 2.45) is 0 Å². The molecule has 2 aromatic rings. The normalized spacial score (nSPS) is 11.7. The zero-order valence-electron chi connectivity index (χ0n) is 13.4. The molecule has 3 N–H and O–H groups in total. The summed E-state index contributed by atoms with van der Waals surface area (Å²) in [5.41, 5.74) is 6.57. The highest BCUT2D eigenvalue weighted by Gasteiger charge is 2.19. The molecule has 0 radical (unpaired) electrons. The summed E-state index contributed by atoms with van der Waals surface area (Å²) in [7, 11) is -2.36. The van der Waals surface area contributed by atoms with Crippen LogP contribution in [0.1, 0.15) is 31.2 Å². The Morgan fingerprint density at radius 1 is 1.22 bits per heavy atom. The number of rotatable bonds is 5. The minimum Gasteiger partial charge on any atom is -0.451 e. The van der Waals surface area contributed by atoms with Crippen molar-refractivity contribution in [3.63, 3.8) is 0 Å². The number of ether oxygens (including phenoxy) is 1. The Kier molecular flexibility index (Phi) is 4.81. The van der Waals surface area contributed by atoms with Crippen molar-refractivity contribution in [1.29, 1.82) is 0 Å². The highest BCUT2D eigenvalue weighted by molar-refractivity contribution is 7.89. The van der Waals surface area contributed by atoms with Crippen LogP contribution >= 0.6 is 0 Å². The number of nitrogens with two attached hydrogens (primary N) is 1. The summed E-state index contributed by atoms with van der Waals surface area (Å²) in [6.45, 7) is 5.61. The largest absolute Gasteiger partial charge is 0.451 e. The lowest BCUT2D eigenvalue weighted by Crippen LogP contribution is -2.20.